The van der Waals surface area contributed by atoms with E-state index in [9.17, 15) is 14.0 Å². The van der Waals surface area contributed by atoms with E-state index in [1.165, 1.54) is 23.2 Å². The summed E-state index contributed by atoms with van der Waals surface area (Å²) in [5.41, 5.74) is -0.142. The zero-order valence-electron chi connectivity index (χ0n) is 10.3. The normalized spacial score (nSPS) is 11.9. The number of pyridine rings is 1. The fourth-order valence-electron chi connectivity index (χ4n) is 1.72. The molecule has 0 aromatic carbocycles. The molecule has 1 atom stereocenters. The second-order valence-corrected chi connectivity index (χ2v) is 3.88. The summed E-state index contributed by atoms with van der Waals surface area (Å²) in [4.78, 5) is 27.4. The van der Waals surface area contributed by atoms with Crippen LogP contribution in [0.25, 0.3) is 0 Å². The average molecular weight is 254 g/mol. The highest BCUT2D eigenvalue weighted by Crippen LogP contribution is 2.12. The van der Waals surface area contributed by atoms with Crippen LogP contribution in [-0.2, 0) is 4.79 Å². The first kappa shape index (κ1) is 14.1. The van der Waals surface area contributed by atoms with Gasteiger partial charge in [0.1, 0.15) is 0 Å². The molecule has 0 saturated heterocycles. The lowest BCUT2D eigenvalue weighted by atomic mass is 10.1. The Morgan fingerprint density at radius 2 is 2.22 bits per heavy atom. The molecule has 1 unspecified atom stereocenters. The molecule has 0 aliphatic rings. The van der Waals surface area contributed by atoms with E-state index in [0.29, 0.717) is 6.54 Å². The topological polar surface area (TPSA) is 70.5 Å². The Morgan fingerprint density at radius 3 is 2.72 bits per heavy atom. The molecule has 0 radical (unpaired) electrons. The summed E-state index contributed by atoms with van der Waals surface area (Å²) < 4.78 is 13.4. The van der Waals surface area contributed by atoms with Gasteiger partial charge in [0, 0.05) is 18.8 Å². The fourth-order valence-corrected chi connectivity index (χ4v) is 1.72. The van der Waals surface area contributed by atoms with Crippen molar-refractivity contribution in [2.24, 2.45) is 0 Å². The largest absolute Gasteiger partial charge is 0.481 e. The van der Waals surface area contributed by atoms with Crippen molar-refractivity contribution in [3.8, 4) is 0 Å². The summed E-state index contributed by atoms with van der Waals surface area (Å²) in [7, 11) is 0. The van der Waals surface area contributed by atoms with E-state index in [1.54, 1.807) is 13.8 Å². The Balaban J connectivity index is 2.92. The zero-order valence-corrected chi connectivity index (χ0v) is 10.3. The Hall–Kier alpha value is -1.98. The highest BCUT2D eigenvalue weighted by atomic mass is 19.1. The third-order valence-corrected chi connectivity index (χ3v) is 2.59. The Labute approximate surface area is 104 Å². The van der Waals surface area contributed by atoms with Gasteiger partial charge in [-0.3, -0.25) is 9.59 Å². The number of carbonyl (C=O) groups excluding carboxylic acids is 1. The van der Waals surface area contributed by atoms with E-state index >= 15 is 0 Å². The third-order valence-electron chi connectivity index (χ3n) is 2.59. The molecule has 1 aromatic heterocycles. The first-order valence-electron chi connectivity index (χ1n) is 5.60. The maximum absolute atomic E-state index is 13.4. The van der Waals surface area contributed by atoms with Crippen molar-refractivity contribution in [2.75, 3.05) is 6.54 Å². The lowest BCUT2D eigenvalue weighted by molar-refractivity contribution is -0.138. The molecule has 1 rings (SSSR count). The molecule has 0 spiro atoms. The molecule has 1 heterocycles. The van der Waals surface area contributed by atoms with Gasteiger partial charge in [0.2, 0.25) is 5.95 Å². The highest BCUT2D eigenvalue weighted by Gasteiger charge is 2.24. The summed E-state index contributed by atoms with van der Waals surface area (Å²) in [6.07, 6.45) is 1.07. The number of hydrogen-bond acceptors (Lipinski definition) is 3. The maximum atomic E-state index is 13.4. The van der Waals surface area contributed by atoms with Crippen LogP contribution in [0.1, 0.15) is 30.6 Å². The number of rotatable bonds is 5. The van der Waals surface area contributed by atoms with Crippen molar-refractivity contribution < 1.29 is 19.1 Å². The summed E-state index contributed by atoms with van der Waals surface area (Å²) >= 11 is 0. The summed E-state index contributed by atoms with van der Waals surface area (Å²) in [6, 6.07) is 2.30. The zero-order chi connectivity index (χ0) is 13.7. The third kappa shape index (κ3) is 3.26. The second-order valence-electron chi connectivity index (χ2n) is 3.88. The van der Waals surface area contributed by atoms with E-state index in [0.717, 1.165) is 0 Å². The fraction of sp³-hybridized carbons (Fsp3) is 0.417. The lowest BCUT2D eigenvalue weighted by Gasteiger charge is -2.27. The number of carboxylic acid groups (broad SMARTS) is 1. The monoisotopic (exact) mass is 254 g/mol. The van der Waals surface area contributed by atoms with Gasteiger partial charge >= 0.3 is 5.97 Å². The van der Waals surface area contributed by atoms with E-state index in [4.69, 9.17) is 5.11 Å². The minimum atomic E-state index is -1.000. The SMILES string of the molecule is CCN(C(=O)c1cccnc1F)C(C)CC(=O)O. The van der Waals surface area contributed by atoms with Crippen LogP contribution in [-0.4, -0.2) is 39.5 Å². The molecule has 1 amide bonds. The predicted octanol–water partition coefficient (Wildman–Crippen LogP) is 1.55. The summed E-state index contributed by atoms with van der Waals surface area (Å²) in [6.45, 7) is 3.63. The molecule has 0 aliphatic heterocycles. The lowest BCUT2D eigenvalue weighted by Crippen LogP contribution is -2.40. The first-order valence-corrected chi connectivity index (χ1v) is 5.60. The number of carbonyl (C=O) groups is 2. The van der Waals surface area contributed by atoms with E-state index in [1.807, 2.05) is 0 Å². The van der Waals surface area contributed by atoms with Crippen molar-refractivity contribution in [1.29, 1.82) is 0 Å². The molecule has 0 bridgehead atoms. The number of amides is 1. The van der Waals surface area contributed by atoms with Gasteiger partial charge in [-0.1, -0.05) is 0 Å². The van der Waals surface area contributed by atoms with Gasteiger partial charge in [-0.2, -0.15) is 4.39 Å². The molecule has 1 N–H and O–H groups in total. The maximum Gasteiger partial charge on any atom is 0.305 e. The number of aliphatic carboxylic acids is 1. The Bertz CT molecular complexity index is 451. The highest BCUT2D eigenvalue weighted by molar-refractivity contribution is 5.94. The average Bonchev–Trinajstić information content (AvgIpc) is 2.29. The van der Waals surface area contributed by atoms with Crippen molar-refractivity contribution >= 4 is 11.9 Å². The van der Waals surface area contributed by atoms with Crippen LogP contribution < -0.4 is 0 Å². The number of nitrogens with zero attached hydrogens (tertiary/aromatic N) is 2. The number of halogens is 1. The van der Waals surface area contributed by atoms with Gasteiger partial charge in [-0.25, -0.2) is 4.98 Å². The van der Waals surface area contributed by atoms with Crippen molar-refractivity contribution in [3.05, 3.63) is 29.8 Å². The van der Waals surface area contributed by atoms with Crippen molar-refractivity contribution in [2.45, 2.75) is 26.3 Å². The smallest absolute Gasteiger partial charge is 0.305 e. The Morgan fingerprint density at radius 1 is 1.56 bits per heavy atom. The summed E-state index contributed by atoms with van der Waals surface area (Å²) in [5, 5.41) is 8.71. The van der Waals surface area contributed by atoms with Crippen molar-refractivity contribution in [1.82, 2.24) is 9.88 Å². The van der Waals surface area contributed by atoms with Gasteiger partial charge in [-0.15, -0.1) is 0 Å². The molecule has 6 heteroatoms. The predicted molar refractivity (Wildman–Crippen MR) is 62.6 cm³/mol. The van der Waals surface area contributed by atoms with Gasteiger partial charge in [-0.05, 0) is 26.0 Å². The van der Waals surface area contributed by atoms with Crippen LogP contribution >= 0.6 is 0 Å². The van der Waals surface area contributed by atoms with Crippen LogP contribution in [0, 0.1) is 5.95 Å². The summed E-state index contributed by atoms with van der Waals surface area (Å²) in [5.74, 6) is -2.39. The van der Waals surface area contributed by atoms with E-state index < -0.39 is 23.9 Å². The molecule has 0 saturated carbocycles. The van der Waals surface area contributed by atoms with Gasteiger partial charge in [0.25, 0.3) is 5.91 Å². The van der Waals surface area contributed by atoms with Gasteiger partial charge in [0.05, 0.1) is 12.0 Å². The van der Waals surface area contributed by atoms with Crippen LogP contribution in [0.3, 0.4) is 0 Å². The minimum Gasteiger partial charge on any atom is -0.481 e. The van der Waals surface area contributed by atoms with Crippen LogP contribution in [0.15, 0.2) is 18.3 Å². The molecular formula is C12H15FN2O3. The Kier molecular flexibility index (Phi) is 4.76. The van der Waals surface area contributed by atoms with E-state index in [2.05, 4.69) is 4.98 Å². The second kappa shape index (κ2) is 6.09. The molecule has 1 aromatic rings. The van der Waals surface area contributed by atoms with Crippen LogP contribution in [0.4, 0.5) is 4.39 Å². The number of aromatic nitrogens is 1. The van der Waals surface area contributed by atoms with Gasteiger partial charge in [0.15, 0.2) is 0 Å². The van der Waals surface area contributed by atoms with Crippen LogP contribution in [0.5, 0.6) is 0 Å². The minimum absolute atomic E-state index is 0.142. The number of hydrogen-bond donors (Lipinski definition) is 1. The molecule has 0 fully saturated rings. The molecule has 0 aliphatic carbocycles. The van der Waals surface area contributed by atoms with Gasteiger partial charge < -0.3 is 10.0 Å². The molecule has 18 heavy (non-hydrogen) atoms. The first-order chi connectivity index (χ1) is 8.47. The standard InChI is InChI=1S/C12H15FN2O3/c1-3-15(8(2)7-10(16)17)12(18)9-5-4-6-14-11(9)13/h4-6,8H,3,7H2,1-2H3,(H,16,17). The molecule has 5 nitrogen and oxygen atoms in total. The van der Waals surface area contributed by atoms with Crippen LogP contribution in [0.2, 0.25) is 0 Å². The molecular weight excluding hydrogens is 239 g/mol. The number of carboxylic acids is 1. The van der Waals surface area contributed by atoms with Crippen molar-refractivity contribution in [3.63, 3.8) is 0 Å². The molecule has 98 valence electrons. The quantitative estimate of drug-likeness (QED) is 0.809. The van der Waals surface area contributed by atoms with E-state index in [-0.39, 0.29) is 12.0 Å².